The molecule has 2 N–H and O–H groups in total. The second-order valence-electron chi connectivity index (χ2n) is 2.89. The van der Waals surface area contributed by atoms with Crippen LogP contribution >= 0.6 is 0 Å². The van der Waals surface area contributed by atoms with Crippen LogP contribution in [0.3, 0.4) is 0 Å². The van der Waals surface area contributed by atoms with E-state index in [1.54, 1.807) is 13.8 Å². The number of aromatic hydroxyl groups is 1. The van der Waals surface area contributed by atoms with E-state index in [-0.39, 0.29) is 11.6 Å². The number of aromatic nitrogens is 1. The van der Waals surface area contributed by atoms with E-state index >= 15 is 0 Å². The van der Waals surface area contributed by atoms with Crippen molar-refractivity contribution in [2.75, 3.05) is 0 Å². The Hall–Kier alpha value is -1.32. The molecule has 0 bridgehead atoms. The summed E-state index contributed by atoms with van der Waals surface area (Å²) >= 11 is 0. The summed E-state index contributed by atoms with van der Waals surface area (Å²) in [7, 11) is 0. The fourth-order valence-electron chi connectivity index (χ4n) is 0.930. The van der Waals surface area contributed by atoms with Crippen molar-refractivity contribution in [3.63, 3.8) is 0 Å². The molecule has 0 aromatic carbocycles. The van der Waals surface area contributed by atoms with Gasteiger partial charge in [0.15, 0.2) is 11.6 Å². The highest BCUT2D eigenvalue weighted by Gasteiger charge is 2.12. The molecule has 66 valence electrons. The summed E-state index contributed by atoms with van der Waals surface area (Å²) in [5, 5.41) is 8.82. The Morgan fingerprint density at radius 2 is 2.17 bits per heavy atom. The van der Waals surface area contributed by atoms with Crippen LogP contribution in [0.4, 0.5) is 4.39 Å². The van der Waals surface area contributed by atoms with Gasteiger partial charge in [-0.25, -0.2) is 4.39 Å². The summed E-state index contributed by atoms with van der Waals surface area (Å²) < 4.78 is 13.0. The molecule has 1 aromatic heterocycles. The minimum absolute atomic E-state index is 0.0988. The average Bonchev–Trinajstić information content (AvgIpc) is 2.00. The first-order chi connectivity index (χ1) is 5.54. The summed E-state index contributed by atoms with van der Waals surface area (Å²) in [5.74, 6) is -1.58. The summed E-state index contributed by atoms with van der Waals surface area (Å²) in [5.41, 5.74) is -0.727. The smallest absolute Gasteiger partial charge is 0.258 e. The second kappa shape index (κ2) is 2.97. The van der Waals surface area contributed by atoms with Gasteiger partial charge in [0.25, 0.3) is 5.43 Å². The molecule has 0 amide bonds. The number of rotatable bonds is 1. The van der Waals surface area contributed by atoms with E-state index in [0.717, 1.165) is 6.20 Å². The number of aromatic amines is 1. The Morgan fingerprint density at radius 1 is 1.58 bits per heavy atom. The summed E-state index contributed by atoms with van der Waals surface area (Å²) in [6.45, 7) is 3.51. The normalized spacial score (nSPS) is 10.7. The zero-order valence-corrected chi connectivity index (χ0v) is 6.89. The highest BCUT2D eigenvalue weighted by Crippen LogP contribution is 2.14. The predicted molar refractivity (Wildman–Crippen MR) is 42.8 cm³/mol. The highest BCUT2D eigenvalue weighted by atomic mass is 19.1. The number of H-pyrrole nitrogens is 1. The SMILES string of the molecule is CC(C)c1[nH]cc(O)c(=O)c1F. The van der Waals surface area contributed by atoms with Gasteiger partial charge in [-0.15, -0.1) is 0 Å². The highest BCUT2D eigenvalue weighted by molar-refractivity contribution is 5.21. The van der Waals surface area contributed by atoms with Crippen LogP contribution in [0.2, 0.25) is 0 Å². The number of halogens is 1. The Morgan fingerprint density at radius 3 is 2.67 bits per heavy atom. The van der Waals surface area contributed by atoms with Gasteiger partial charge < -0.3 is 10.1 Å². The molecule has 0 saturated heterocycles. The van der Waals surface area contributed by atoms with Crippen molar-refractivity contribution in [1.29, 1.82) is 0 Å². The lowest BCUT2D eigenvalue weighted by Gasteiger charge is -2.05. The molecule has 0 radical (unpaired) electrons. The van der Waals surface area contributed by atoms with Crippen LogP contribution in [-0.4, -0.2) is 10.1 Å². The monoisotopic (exact) mass is 171 g/mol. The van der Waals surface area contributed by atoms with E-state index in [1.807, 2.05) is 0 Å². The van der Waals surface area contributed by atoms with Crippen molar-refractivity contribution in [2.45, 2.75) is 19.8 Å². The third kappa shape index (κ3) is 1.32. The number of hydrogen-bond acceptors (Lipinski definition) is 2. The molecular formula is C8H10FNO2. The van der Waals surface area contributed by atoms with Gasteiger partial charge in [0, 0.05) is 6.20 Å². The van der Waals surface area contributed by atoms with Crippen LogP contribution in [0.25, 0.3) is 0 Å². The van der Waals surface area contributed by atoms with Crippen LogP contribution in [-0.2, 0) is 0 Å². The minimum atomic E-state index is -0.947. The lowest BCUT2D eigenvalue weighted by molar-refractivity contribution is 0.453. The lowest BCUT2D eigenvalue weighted by Crippen LogP contribution is -2.12. The molecule has 0 spiro atoms. The molecule has 0 unspecified atom stereocenters. The first kappa shape index (κ1) is 8.77. The van der Waals surface area contributed by atoms with Gasteiger partial charge in [0.05, 0.1) is 5.69 Å². The average molecular weight is 171 g/mol. The van der Waals surface area contributed by atoms with Gasteiger partial charge in [0.2, 0.25) is 0 Å². The van der Waals surface area contributed by atoms with E-state index in [0.29, 0.717) is 0 Å². The van der Waals surface area contributed by atoms with E-state index in [1.165, 1.54) is 0 Å². The zero-order valence-electron chi connectivity index (χ0n) is 6.89. The van der Waals surface area contributed by atoms with E-state index in [2.05, 4.69) is 4.98 Å². The quantitative estimate of drug-likeness (QED) is 0.670. The Balaban J connectivity index is 3.37. The number of hydrogen-bond donors (Lipinski definition) is 2. The maximum atomic E-state index is 13.0. The van der Waals surface area contributed by atoms with Crippen LogP contribution < -0.4 is 5.43 Å². The van der Waals surface area contributed by atoms with Crippen molar-refractivity contribution in [3.8, 4) is 5.75 Å². The molecular weight excluding hydrogens is 161 g/mol. The third-order valence-electron chi connectivity index (χ3n) is 1.61. The molecule has 0 saturated carbocycles. The Kier molecular flexibility index (Phi) is 2.17. The third-order valence-corrected chi connectivity index (χ3v) is 1.61. The maximum Gasteiger partial charge on any atom is 0.258 e. The maximum absolute atomic E-state index is 13.0. The largest absolute Gasteiger partial charge is 0.503 e. The van der Waals surface area contributed by atoms with Gasteiger partial charge >= 0.3 is 0 Å². The fraction of sp³-hybridized carbons (Fsp3) is 0.375. The summed E-state index contributed by atoms with van der Waals surface area (Å²) in [6.07, 6.45) is 1.10. The lowest BCUT2D eigenvalue weighted by atomic mass is 10.1. The molecule has 0 aliphatic carbocycles. The number of pyridine rings is 1. The second-order valence-corrected chi connectivity index (χ2v) is 2.89. The fourth-order valence-corrected chi connectivity index (χ4v) is 0.930. The molecule has 0 atom stereocenters. The van der Waals surface area contributed by atoms with Gasteiger partial charge in [-0.2, -0.15) is 0 Å². The molecule has 1 heterocycles. The Labute approximate surface area is 68.9 Å². The van der Waals surface area contributed by atoms with Crippen molar-refractivity contribution in [3.05, 3.63) is 27.9 Å². The van der Waals surface area contributed by atoms with Gasteiger partial charge in [-0.1, -0.05) is 13.8 Å². The van der Waals surface area contributed by atoms with E-state index in [9.17, 15) is 9.18 Å². The van der Waals surface area contributed by atoms with Crippen LogP contribution in [0.5, 0.6) is 5.75 Å². The standard InChI is InChI=1S/C8H10FNO2/c1-4(2)7-6(9)8(12)5(11)3-10-7/h3-4,11H,1-2H3,(H,10,12). The molecule has 1 aromatic rings. The topological polar surface area (TPSA) is 53.1 Å². The van der Waals surface area contributed by atoms with Crippen LogP contribution in [0.1, 0.15) is 25.5 Å². The van der Waals surface area contributed by atoms with E-state index < -0.39 is 17.0 Å². The zero-order chi connectivity index (χ0) is 9.30. The van der Waals surface area contributed by atoms with E-state index in [4.69, 9.17) is 5.11 Å². The minimum Gasteiger partial charge on any atom is -0.503 e. The first-order valence-electron chi connectivity index (χ1n) is 3.64. The van der Waals surface area contributed by atoms with Gasteiger partial charge in [-0.05, 0) is 5.92 Å². The predicted octanol–water partition coefficient (Wildman–Crippen LogP) is 1.34. The van der Waals surface area contributed by atoms with Gasteiger partial charge in [0.1, 0.15) is 0 Å². The molecule has 0 aliphatic rings. The molecule has 3 nitrogen and oxygen atoms in total. The molecule has 12 heavy (non-hydrogen) atoms. The van der Waals surface area contributed by atoms with Crippen molar-refractivity contribution >= 4 is 0 Å². The molecule has 0 fully saturated rings. The van der Waals surface area contributed by atoms with Crippen molar-refractivity contribution in [1.82, 2.24) is 4.98 Å². The first-order valence-corrected chi connectivity index (χ1v) is 3.64. The van der Waals surface area contributed by atoms with Crippen LogP contribution in [0.15, 0.2) is 11.0 Å². The van der Waals surface area contributed by atoms with Crippen molar-refractivity contribution < 1.29 is 9.50 Å². The Bertz CT molecular complexity index is 343. The summed E-state index contributed by atoms with van der Waals surface area (Å²) in [6, 6.07) is 0. The van der Waals surface area contributed by atoms with Crippen LogP contribution in [0, 0.1) is 5.82 Å². The van der Waals surface area contributed by atoms with Gasteiger partial charge in [-0.3, -0.25) is 4.79 Å². The molecule has 1 rings (SSSR count). The number of nitrogens with one attached hydrogen (secondary N) is 1. The summed E-state index contributed by atoms with van der Waals surface area (Å²) in [4.78, 5) is 13.4. The molecule has 4 heteroatoms. The molecule has 0 aliphatic heterocycles. The van der Waals surface area contributed by atoms with Crippen molar-refractivity contribution in [2.24, 2.45) is 0 Å².